The van der Waals surface area contributed by atoms with E-state index in [0.29, 0.717) is 18.5 Å². The molecule has 0 aliphatic heterocycles. The predicted octanol–water partition coefficient (Wildman–Crippen LogP) is 4.74. The number of nitrogens with zero attached hydrogens (tertiary/aromatic N) is 2. The standard InChI is InChI=1S/C37H43N5O6/c1-26(2)34(42-37(46)48-25-30-17-9-10-19-39-30)35(44)41-32(21-28-14-7-4-8-15-28)33(43)22-31(20-27-12-5-3-6-13-27)40-36(45)47-24-29-16-11-18-38-23-29/h3-19,23,26,31-34,43H,20-22,24-25H2,1-2H3,(H,40,45)(H,41,44)(H,42,46)/t31-,32-,33-,34?/m0/s1. The van der Waals surface area contributed by atoms with Crippen LogP contribution in [0, 0.1) is 5.92 Å². The summed E-state index contributed by atoms with van der Waals surface area (Å²) in [4.78, 5) is 47.4. The largest absolute Gasteiger partial charge is 0.445 e. The van der Waals surface area contributed by atoms with Gasteiger partial charge in [-0.2, -0.15) is 0 Å². The number of carbonyl (C=O) groups is 3. The van der Waals surface area contributed by atoms with E-state index >= 15 is 0 Å². The monoisotopic (exact) mass is 653 g/mol. The Morgan fingerprint density at radius 3 is 1.96 bits per heavy atom. The van der Waals surface area contributed by atoms with Gasteiger partial charge >= 0.3 is 12.2 Å². The van der Waals surface area contributed by atoms with Crippen molar-refractivity contribution in [1.82, 2.24) is 25.9 Å². The number of ether oxygens (including phenoxy) is 2. The molecule has 2 heterocycles. The molecule has 4 N–H and O–H groups in total. The molecule has 4 rings (SSSR count). The molecule has 48 heavy (non-hydrogen) atoms. The van der Waals surface area contributed by atoms with E-state index in [1.165, 1.54) is 0 Å². The lowest BCUT2D eigenvalue weighted by Gasteiger charge is -2.30. The van der Waals surface area contributed by atoms with Gasteiger partial charge in [0, 0.05) is 30.2 Å². The smallest absolute Gasteiger partial charge is 0.408 e. The average Bonchev–Trinajstić information content (AvgIpc) is 3.10. The molecule has 0 bridgehead atoms. The van der Waals surface area contributed by atoms with Gasteiger partial charge in [0.2, 0.25) is 5.91 Å². The highest BCUT2D eigenvalue weighted by molar-refractivity contribution is 5.86. The number of nitrogens with one attached hydrogen (secondary N) is 3. The fourth-order valence-electron chi connectivity index (χ4n) is 5.14. The predicted molar refractivity (Wildman–Crippen MR) is 180 cm³/mol. The maximum absolute atomic E-state index is 13.7. The van der Waals surface area contributed by atoms with Crippen LogP contribution in [0.15, 0.2) is 110 Å². The molecule has 252 valence electrons. The third-order valence-corrected chi connectivity index (χ3v) is 7.66. The minimum atomic E-state index is -1.08. The van der Waals surface area contributed by atoms with Gasteiger partial charge in [-0.3, -0.25) is 14.8 Å². The van der Waals surface area contributed by atoms with Crippen molar-refractivity contribution in [2.45, 2.75) is 70.6 Å². The quantitative estimate of drug-likeness (QED) is 0.135. The Hall–Kier alpha value is -5.29. The fourth-order valence-corrected chi connectivity index (χ4v) is 5.14. The van der Waals surface area contributed by atoms with Gasteiger partial charge < -0.3 is 30.5 Å². The molecule has 0 saturated heterocycles. The van der Waals surface area contributed by atoms with Gasteiger partial charge in [-0.25, -0.2) is 9.59 Å². The van der Waals surface area contributed by atoms with E-state index in [1.807, 2.05) is 80.6 Å². The number of hydrogen-bond donors (Lipinski definition) is 4. The number of benzene rings is 2. The highest BCUT2D eigenvalue weighted by Crippen LogP contribution is 2.16. The third kappa shape index (κ3) is 12.1. The van der Waals surface area contributed by atoms with E-state index in [1.54, 1.807) is 42.9 Å². The van der Waals surface area contributed by atoms with Crippen molar-refractivity contribution in [2.24, 2.45) is 5.92 Å². The molecule has 0 spiro atoms. The first kappa shape index (κ1) is 35.6. The second kappa shape index (κ2) is 18.8. The summed E-state index contributed by atoms with van der Waals surface area (Å²) in [7, 11) is 0. The molecule has 0 saturated carbocycles. The third-order valence-electron chi connectivity index (χ3n) is 7.66. The summed E-state index contributed by atoms with van der Waals surface area (Å²) in [5.41, 5.74) is 3.17. The number of amides is 3. The Kier molecular flexibility index (Phi) is 13.9. The first-order chi connectivity index (χ1) is 23.3. The molecular formula is C37H43N5O6. The number of hydrogen-bond acceptors (Lipinski definition) is 8. The maximum Gasteiger partial charge on any atom is 0.408 e. The Morgan fingerprint density at radius 2 is 1.33 bits per heavy atom. The molecular weight excluding hydrogens is 610 g/mol. The van der Waals surface area contributed by atoms with Gasteiger partial charge in [0.05, 0.1) is 17.8 Å². The van der Waals surface area contributed by atoms with Crippen molar-refractivity contribution in [1.29, 1.82) is 0 Å². The van der Waals surface area contributed by atoms with Gasteiger partial charge in [0.15, 0.2) is 0 Å². The minimum absolute atomic E-state index is 0.0425. The molecule has 11 heteroatoms. The fraction of sp³-hybridized carbons (Fsp3) is 0.324. The summed E-state index contributed by atoms with van der Waals surface area (Å²) >= 11 is 0. The van der Waals surface area contributed by atoms with Gasteiger partial charge in [-0.05, 0) is 54.5 Å². The van der Waals surface area contributed by atoms with Crippen LogP contribution in [0.2, 0.25) is 0 Å². The molecule has 2 aromatic heterocycles. The molecule has 3 amide bonds. The van der Waals surface area contributed by atoms with Crippen molar-refractivity contribution in [3.05, 3.63) is 132 Å². The van der Waals surface area contributed by atoms with E-state index < -0.39 is 42.3 Å². The van der Waals surface area contributed by atoms with Crippen molar-refractivity contribution >= 4 is 18.1 Å². The van der Waals surface area contributed by atoms with Crippen LogP contribution < -0.4 is 16.0 Å². The van der Waals surface area contributed by atoms with Crippen molar-refractivity contribution < 1.29 is 29.0 Å². The summed E-state index contributed by atoms with van der Waals surface area (Å²) in [6.45, 7) is 3.61. The molecule has 1 unspecified atom stereocenters. The first-order valence-electron chi connectivity index (χ1n) is 16.0. The number of aromatic nitrogens is 2. The zero-order chi connectivity index (χ0) is 34.1. The second-order valence-electron chi connectivity index (χ2n) is 11.8. The highest BCUT2D eigenvalue weighted by Gasteiger charge is 2.31. The van der Waals surface area contributed by atoms with Crippen LogP contribution in [-0.2, 0) is 40.3 Å². The maximum atomic E-state index is 13.7. The SMILES string of the molecule is CC(C)C(NC(=O)OCc1ccccn1)C(=O)N[C@@H](Cc1ccccc1)[C@@H](O)C[C@H](Cc1ccccc1)NC(=O)OCc1cccnc1. The van der Waals surface area contributed by atoms with Crippen LogP contribution in [0.4, 0.5) is 9.59 Å². The Labute approximate surface area is 281 Å². The molecule has 11 nitrogen and oxygen atoms in total. The lowest BCUT2D eigenvalue weighted by molar-refractivity contribution is -0.125. The summed E-state index contributed by atoms with van der Waals surface area (Å²) in [5, 5.41) is 20.2. The highest BCUT2D eigenvalue weighted by atomic mass is 16.6. The van der Waals surface area contributed by atoms with Gasteiger partial charge in [-0.15, -0.1) is 0 Å². The van der Waals surface area contributed by atoms with Crippen LogP contribution in [0.1, 0.15) is 42.7 Å². The van der Waals surface area contributed by atoms with E-state index in [4.69, 9.17) is 9.47 Å². The van der Waals surface area contributed by atoms with Crippen molar-refractivity contribution in [3.8, 4) is 0 Å². The van der Waals surface area contributed by atoms with E-state index in [2.05, 4.69) is 25.9 Å². The summed E-state index contributed by atoms with van der Waals surface area (Å²) in [6, 6.07) is 25.7. The number of rotatable bonds is 16. The summed E-state index contributed by atoms with van der Waals surface area (Å²) in [6.07, 6.45) is 3.23. The van der Waals surface area contributed by atoms with Crippen molar-refractivity contribution in [3.63, 3.8) is 0 Å². The van der Waals surface area contributed by atoms with Crippen LogP contribution >= 0.6 is 0 Å². The van der Waals surface area contributed by atoms with E-state index in [9.17, 15) is 19.5 Å². The number of aliphatic hydroxyl groups is 1. The van der Waals surface area contributed by atoms with E-state index in [-0.39, 0.29) is 25.6 Å². The van der Waals surface area contributed by atoms with Crippen LogP contribution in [-0.4, -0.2) is 57.4 Å². The Bertz CT molecular complexity index is 1540. The zero-order valence-corrected chi connectivity index (χ0v) is 27.2. The zero-order valence-electron chi connectivity index (χ0n) is 27.2. The average molecular weight is 654 g/mol. The minimum Gasteiger partial charge on any atom is -0.445 e. The van der Waals surface area contributed by atoms with Gasteiger partial charge in [-0.1, -0.05) is 86.6 Å². The number of aliphatic hydroxyl groups excluding tert-OH is 1. The lowest BCUT2D eigenvalue weighted by Crippen LogP contribution is -2.56. The molecule has 0 aliphatic rings. The van der Waals surface area contributed by atoms with Crippen molar-refractivity contribution in [2.75, 3.05) is 0 Å². The molecule has 0 aliphatic carbocycles. The molecule has 0 radical (unpaired) electrons. The Morgan fingerprint density at radius 1 is 0.708 bits per heavy atom. The van der Waals surface area contributed by atoms with Crippen LogP contribution in [0.5, 0.6) is 0 Å². The van der Waals surface area contributed by atoms with Gasteiger partial charge in [0.1, 0.15) is 19.3 Å². The Balaban J connectivity index is 1.46. The summed E-state index contributed by atoms with van der Waals surface area (Å²) < 4.78 is 10.7. The molecule has 4 aromatic rings. The lowest BCUT2D eigenvalue weighted by atomic mass is 9.93. The number of pyridine rings is 2. The van der Waals surface area contributed by atoms with Gasteiger partial charge in [0.25, 0.3) is 0 Å². The summed E-state index contributed by atoms with van der Waals surface area (Å²) in [5.74, 6) is -0.757. The normalized spacial score (nSPS) is 13.4. The van der Waals surface area contributed by atoms with E-state index in [0.717, 1.165) is 16.7 Å². The first-order valence-corrected chi connectivity index (χ1v) is 16.0. The van der Waals surface area contributed by atoms with Crippen LogP contribution in [0.25, 0.3) is 0 Å². The second-order valence-corrected chi connectivity index (χ2v) is 11.8. The molecule has 4 atom stereocenters. The number of alkyl carbamates (subject to hydrolysis) is 2. The topological polar surface area (TPSA) is 152 Å². The molecule has 0 fully saturated rings. The molecule has 2 aromatic carbocycles. The number of carbonyl (C=O) groups excluding carboxylic acids is 3. The van der Waals surface area contributed by atoms with Crippen LogP contribution in [0.3, 0.4) is 0 Å².